The second-order valence-corrected chi connectivity index (χ2v) is 15.1. The van der Waals surface area contributed by atoms with Crippen LogP contribution in [0.25, 0.3) is 0 Å². The summed E-state index contributed by atoms with van der Waals surface area (Å²) >= 11 is 0. The van der Waals surface area contributed by atoms with Gasteiger partial charge in [0.2, 0.25) is 0 Å². The van der Waals surface area contributed by atoms with Crippen LogP contribution in [-0.2, 0) is 15.8 Å². The van der Waals surface area contributed by atoms with Crippen LogP contribution in [0.5, 0.6) is 5.75 Å². The molecule has 0 saturated heterocycles. The molecule has 0 aliphatic rings. The van der Waals surface area contributed by atoms with E-state index in [0.29, 0.717) is 6.61 Å². The zero-order chi connectivity index (χ0) is 23.7. The van der Waals surface area contributed by atoms with Crippen molar-refractivity contribution in [1.29, 1.82) is 0 Å². The highest BCUT2D eigenvalue weighted by Crippen LogP contribution is 2.38. The fourth-order valence-electron chi connectivity index (χ4n) is 3.04. The highest BCUT2D eigenvalue weighted by molar-refractivity contribution is 6.74. The van der Waals surface area contributed by atoms with E-state index in [1.807, 2.05) is 12.1 Å². The Balaban J connectivity index is 2.83. The molecule has 1 aromatic rings. The van der Waals surface area contributed by atoms with Gasteiger partial charge < -0.3 is 13.9 Å². The first-order chi connectivity index (χ1) is 14.4. The zero-order valence-corrected chi connectivity index (χ0v) is 22.5. The van der Waals surface area contributed by atoms with Crippen molar-refractivity contribution in [1.82, 2.24) is 0 Å². The van der Waals surface area contributed by atoms with Gasteiger partial charge in [0.25, 0.3) is 0 Å². The molecule has 4 heteroatoms. The molecule has 176 valence electrons. The number of benzene rings is 1. The molecule has 0 spiro atoms. The Labute approximate surface area is 193 Å². The molecule has 0 bridgehead atoms. The van der Waals surface area contributed by atoms with Gasteiger partial charge in [-0.1, -0.05) is 50.1 Å². The first kappa shape index (κ1) is 27.7. The number of hydrogen-bond donors (Lipinski definition) is 0. The summed E-state index contributed by atoms with van der Waals surface area (Å²) in [5.41, 5.74) is 3.82. The number of allylic oxidation sites excluding steroid dienone is 2. The van der Waals surface area contributed by atoms with Gasteiger partial charge in [0, 0.05) is 0 Å². The minimum Gasteiger partial charge on any atom is -0.497 e. The van der Waals surface area contributed by atoms with Crippen molar-refractivity contribution < 1.29 is 13.9 Å². The van der Waals surface area contributed by atoms with E-state index in [0.717, 1.165) is 37.0 Å². The molecule has 0 aliphatic heterocycles. The molecular weight excluding hydrogens is 400 g/mol. The van der Waals surface area contributed by atoms with Crippen molar-refractivity contribution in [3.05, 3.63) is 53.6 Å². The molecule has 0 amide bonds. The first-order valence-corrected chi connectivity index (χ1v) is 14.5. The molecule has 0 fully saturated rings. The predicted octanol–water partition coefficient (Wildman–Crippen LogP) is 8.07. The van der Waals surface area contributed by atoms with Gasteiger partial charge in [-0.05, 0) is 82.3 Å². The summed E-state index contributed by atoms with van der Waals surface area (Å²) in [6.07, 6.45) is 6.66. The average molecular weight is 447 g/mol. The summed E-state index contributed by atoms with van der Waals surface area (Å²) in [5.74, 6) is 0.864. The van der Waals surface area contributed by atoms with Gasteiger partial charge in [0.15, 0.2) is 8.32 Å². The maximum absolute atomic E-state index is 6.82. The van der Waals surface area contributed by atoms with Crippen molar-refractivity contribution in [3.63, 3.8) is 0 Å². The zero-order valence-electron chi connectivity index (χ0n) is 21.5. The monoisotopic (exact) mass is 446 g/mol. The smallest absolute Gasteiger partial charge is 0.192 e. The maximum Gasteiger partial charge on any atom is 0.192 e. The Morgan fingerprint density at radius 1 is 1.10 bits per heavy atom. The summed E-state index contributed by atoms with van der Waals surface area (Å²) in [5, 5.41) is 0.168. The Bertz CT molecular complexity index is 698. The minimum atomic E-state index is -1.90. The van der Waals surface area contributed by atoms with Gasteiger partial charge in [-0.2, -0.15) is 0 Å². The van der Waals surface area contributed by atoms with Crippen molar-refractivity contribution in [2.24, 2.45) is 0 Å². The van der Waals surface area contributed by atoms with E-state index in [1.165, 1.54) is 11.1 Å². The van der Waals surface area contributed by atoms with E-state index < -0.39 is 8.32 Å². The van der Waals surface area contributed by atoms with Crippen molar-refractivity contribution in [2.45, 2.75) is 104 Å². The first-order valence-electron chi connectivity index (χ1n) is 11.6. The Kier molecular flexibility index (Phi) is 11.3. The molecule has 0 unspecified atom stereocenters. The summed E-state index contributed by atoms with van der Waals surface area (Å²) in [6, 6.07) is 8.07. The quantitative estimate of drug-likeness (QED) is 0.226. The Morgan fingerprint density at radius 2 is 1.71 bits per heavy atom. The molecule has 31 heavy (non-hydrogen) atoms. The molecule has 0 heterocycles. The standard InChI is InChI=1S/C27H46O3Si/c1-21(2)12-11-13-22(3)14-19-26(30-31(9,10)27(5,6)7)23(4)29-20-24-15-17-25(28-8)18-16-24/h14-18,23,26H,1,11-13,19-20H2,2-10H3/b22-14-/t23-,26+/m1/s1. The molecule has 0 saturated carbocycles. The summed E-state index contributed by atoms with van der Waals surface area (Å²) < 4.78 is 18.3. The van der Waals surface area contributed by atoms with E-state index in [-0.39, 0.29) is 17.2 Å². The SMILES string of the molecule is C=C(C)CCC/C(C)=C\C[C@H](O[Si](C)(C)C(C)(C)C)[C@@H](C)OCc1ccc(OC)cc1. The van der Waals surface area contributed by atoms with Gasteiger partial charge in [0.05, 0.1) is 25.9 Å². The van der Waals surface area contributed by atoms with E-state index in [2.05, 4.69) is 79.4 Å². The van der Waals surface area contributed by atoms with Gasteiger partial charge in [0.1, 0.15) is 5.75 Å². The maximum atomic E-state index is 6.82. The second kappa shape index (κ2) is 12.6. The molecule has 0 aromatic heterocycles. The van der Waals surface area contributed by atoms with Crippen LogP contribution < -0.4 is 4.74 Å². The van der Waals surface area contributed by atoms with E-state index in [1.54, 1.807) is 7.11 Å². The molecule has 0 aliphatic carbocycles. The van der Waals surface area contributed by atoms with E-state index in [9.17, 15) is 0 Å². The lowest BCUT2D eigenvalue weighted by atomic mass is 10.0. The van der Waals surface area contributed by atoms with Crippen LogP contribution >= 0.6 is 0 Å². The predicted molar refractivity (Wildman–Crippen MR) is 136 cm³/mol. The number of ether oxygens (including phenoxy) is 2. The lowest BCUT2D eigenvalue weighted by molar-refractivity contribution is -0.0277. The fourth-order valence-corrected chi connectivity index (χ4v) is 4.43. The van der Waals surface area contributed by atoms with E-state index in [4.69, 9.17) is 13.9 Å². The lowest BCUT2D eigenvalue weighted by Gasteiger charge is -2.40. The lowest BCUT2D eigenvalue weighted by Crippen LogP contribution is -2.47. The molecule has 0 radical (unpaired) electrons. The topological polar surface area (TPSA) is 27.7 Å². The number of rotatable bonds is 13. The van der Waals surface area contributed by atoms with Crippen LogP contribution in [0.3, 0.4) is 0 Å². The van der Waals surface area contributed by atoms with Crippen LogP contribution in [0.2, 0.25) is 18.1 Å². The third kappa shape index (κ3) is 10.2. The van der Waals surface area contributed by atoms with E-state index >= 15 is 0 Å². The largest absolute Gasteiger partial charge is 0.497 e. The molecule has 1 rings (SSSR count). The van der Waals surface area contributed by atoms with Crippen molar-refractivity contribution >= 4 is 8.32 Å². The molecule has 1 aromatic carbocycles. The molecule has 3 nitrogen and oxygen atoms in total. The second-order valence-electron chi connectivity index (χ2n) is 10.4. The van der Waals surface area contributed by atoms with Crippen LogP contribution in [0.1, 0.15) is 72.8 Å². The highest BCUT2D eigenvalue weighted by Gasteiger charge is 2.40. The van der Waals surface area contributed by atoms with Gasteiger partial charge >= 0.3 is 0 Å². The van der Waals surface area contributed by atoms with Crippen LogP contribution in [0.4, 0.5) is 0 Å². The third-order valence-electron chi connectivity index (χ3n) is 6.32. The van der Waals surface area contributed by atoms with Gasteiger partial charge in [-0.15, -0.1) is 6.58 Å². The summed E-state index contributed by atoms with van der Waals surface area (Å²) in [7, 11) is -0.216. The Morgan fingerprint density at radius 3 is 2.23 bits per heavy atom. The molecule has 0 N–H and O–H groups in total. The van der Waals surface area contributed by atoms with Crippen molar-refractivity contribution in [2.75, 3.05) is 7.11 Å². The molecule has 2 atom stereocenters. The fraction of sp³-hybridized carbons (Fsp3) is 0.630. The normalized spacial score (nSPS) is 14.9. The van der Waals surface area contributed by atoms with Gasteiger partial charge in [-0.25, -0.2) is 0 Å². The number of methoxy groups -OCH3 is 1. The summed E-state index contributed by atoms with van der Waals surface area (Å²) in [6.45, 7) is 22.6. The number of hydrogen-bond acceptors (Lipinski definition) is 3. The molecular formula is C27H46O3Si. The van der Waals surface area contributed by atoms with Crippen molar-refractivity contribution in [3.8, 4) is 5.75 Å². The summed E-state index contributed by atoms with van der Waals surface area (Å²) in [4.78, 5) is 0. The van der Waals surface area contributed by atoms with Crippen LogP contribution in [-0.4, -0.2) is 27.6 Å². The van der Waals surface area contributed by atoms with Crippen LogP contribution in [0, 0.1) is 0 Å². The third-order valence-corrected chi connectivity index (χ3v) is 10.8. The Hall–Kier alpha value is -1.36. The average Bonchev–Trinajstić information content (AvgIpc) is 2.68. The van der Waals surface area contributed by atoms with Gasteiger partial charge in [-0.3, -0.25) is 0 Å². The van der Waals surface area contributed by atoms with Crippen LogP contribution in [0.15, 0.2) is 48.1 Å². The highest BCUT2D eigenvalue weighted by atomic mass is 28.4. The minimum absolute atomic E-state index is 0.00990.